The maximum Gasteiger partial charge on any atom is 0.317 e. The molecule has 6 heteroatoms. The molecule has 2 amide bonds. The highest BCUT2D eigenvalue weighted by atomic mass is 16.4. The number of carbonyl (C=O) groups excluding carboxylic acids is 1. The highest BCUT2D eigenvalue weighted by Crippen LogP contribution is 2.25. The standard InChI is InChI=1S/C16H29N3O3/c1-2-19(11-15(20)21)14-8-13(9-14)18-16(22)17-10-12-6-4-3-5-7-12/h12-14H,2-11H2,1H3,(H,20,21)(H2,17,18,22). The van der Waals surface area contributed by atoms with Gasteiger partial charge >= 0.3 is 12.0 Å². The van der Waals surface area contributed by atoms with Crippen molar-refractivity contribution in [3.63, 3.8) is 0 Å². The summed E-state index contributed by atoms with van der Waals surface area (Å²) in [6, 6.07) is 0.388. The summed E-state index contributed by atoms with van der Waals surface area (Å²) in [4.78, 5) is 24.6. The summed E-state index contributed by atoms with van der Waals surface area (Å²) in [7, 11) is 0. The molecule has 2 saturated carbocycles. The van der Waals surface area contributed by atoms with Gasteiger partial charge in [0.25, 0.3) is 0 Å². The number of aliphatic carboxylic acids is 1. The average molecular weight is 311 g/mol. The number of nitrogens with one attached hydrogen (secondary N) is 2. The van der Waals surface area contributed by atoms with Crippen LogP contribution in [-0.2, 0) is 4.79 Å². The van der Waals surface area contributed by atoms with E-state index in [2.05, 4.69) is 10.6 Å². The van der Waals surface area contributed by atoms with Gasteiger partial charge in [-0.15, -0.1) is 0 Å². The minimum Gasteiger partial charge on any atom is -0.480 e. The Morgan fingerprint density at radius 2 is 1.86 bits per heavy atom. The Morgan fingerprint density at radius 3 is 2.45 bits per heavy atom. The molecule has 0 radical (unpaired) electrons. The second kappa shape index (κ2) is 8.36. The summed E-state index contributed by atoms with van der Waals surface area (Å²) < 4.78 is 0. The molecule has 0 bridgehead atoms. The van der Waals surface area contributed by atoms with Crippen LogP contribution < -0.4 is 10.6 Å². The predicted octanol–water partition coefficient (Wildman–Crippen LogP) is 1.80. The molecular formula is C16H29N3O3. The molecule has 0 unspecified atom stereocenters. The molecule has 0 atom stereocenters. The second-order valence-electron chi connectivity index (χ2n) is 6.64. The quantitative estimate of drug-likeness (QED) is 0.669. The molecule has 22 heavy (non-hydrogen) atoms. The fourth-order valence-corrected chi connectivity index (χ4v) is 3.54. The summed E-state index contributed by atoms with van der Waals surface area (Å²) in [6.45, 7) is 3.57. The minimum absolute atomic E-state index is 0.0738. The van der Waals surface area contributed by atoms with Crippen molar-refractivity contribution in [2.24, 2.45) is 5.92 Å². The lowest BCUT2D eigenvalue weighted by molar-refractivity contribution is -0.139. The number of likely N-dealkylation sites (N-methyl/N-ethyl adjacent to an activating group) is 1. The number of carboxylic acid groups (broad SMARTS) is 1. The Balaban J connectivity index is 1.60. The molecule has 0 aromatic heterocycles. The van der Waals surface area contributed by atoms with E-state index in [0.29, 0.717) is 5.92 Å². The van der Waals surface area contributed by atoms with Crippen LogP contribution in [0.3, 0.4) is 0 Å². The SMILES string of the molecule is CCN(CC(=O)O)C1CC(NC(=O)NCC2CCCCC2)C1. The van der Waals surface area contributed by atoms with Gasteiger partial charge < -0.3 is 15.7 Å². The fraction of sp³-hybridized carbons (Fsp3) is 0.875. The van der Waals surface area contributed by atoms with E-state index >= 15 is 0 Å². The van der Waals surface area contributed by atoms with E-state index in [1.165, 1.54) is 32.1 Å². The molecule has 2 aliphatic rings. The van der Waals surface area contributed by atoms with Crippen molar-refractivity contribution >= 4 is 12.0 Å². The third-order valence-corrected chi connectivity index (χ3v) is 4.99. The van der Waals surface area contributed by atoms with Crippen LogP contribution in [0.2, 0.25) is 0 Å². The van der Waals surface area contributed by atoms with E-state index in [1.807, 2.05) is 11.8 Å². The van der Waals surface area contributed by atoms with Crippen LogP contribution in [0.1, 0.15) is 51.9 Å². The van der Waals surface area contributed by atoms with Gasteiger partial charge in [0.1, 0.15) is 0 Å². The van der Waals surface area contributed by atoms with Crippen LogP contribution in [-0.4, -0.2) is 53.7 Å². The van der Waals surface area contributed by atoms with Crippen molar-refractivity contribution in [3.05, 3.63) is 0 Å². The Morgan fingerprint density at radius 1 is 1.18 bits per heavy atom. The van der Waals surface area contributed by atoms with Gasteiger partial charge in [-0.25, -0.2) is 4.79 Å². The molecule has 0 heterocycles. The number of urea groups is 1. The molecule has 2 rings (SSSR count). The summed E-state index contributed by atoms with van der Waals surface area (Å²) in [5.74, 6) is -0.150. The zero-order chi connectivity index (χ0) is 15.9. The number of amides is 2. The second-order valence-corrected chi connectivity index (χ2v) is 6.64. The van der Waals surface area contributed by atoms with Gasteiger partial charge in [0.15, 0.2) is 0 Å². The van der Waals surface area contributed by atoms with Gasteiger partial charge in [-0.1, -0.05) is 26.2 Å². The number of hydrogen-bond acceptors (Lipinski definition) is 3. The van der Waals surface area contributed by atoms with Crippen molar-refractivity contribution < 1.29 is 14.7 Å². The lowest BCUT2D eigenvalue weighted by Gasteiger charge is -2.42. The molecule has 2 fully saturated rings. The maximum atomic E-state index is 11.9. The van der Waals surface area contributed by atoms with Gasteiger partial charge in [0, 0.05) is 18.6 Å². The van der Waals surface area contributed by atoms with Crippen LogP contribution in [0, 0.1) is 5.92 Å². The lowest BCUT2D eigenvalue weighted by atomic mass is 9.85. The monoisotopic (exact) mass is 311 g/mol. The first kappa shape index (κ1) is 17.1. The van der Waals surface area contributed by atoms with E-state index in [9.17, 15) is 9.59 Å². The fourth-order valence-electron chi connectivity index (χ4n) is 3.54. The lowest BCUT2D eigenvalue weighted by Crippen LogP contribution is -2.56. The van der Waals surface area contributed by atoms with Crippen molar-refractivity contribution in [1.29, 1.82) is 0 Å². The molecule has 3 N–H and O–H groups in total. The first-order valence-electron chi connectivity index (χ1n) is 8.58. The van der Waals surface area contributed by atoms with Gasteiger partial charge in [0.05, 0.1) is 6.54 Å². The molecule has 0 spiro atoms. The zero-order valence-corrected chi connectivity index (χ0v) is 13.5. The van der Waals surface area contributed by atoms with E-state index in [-0.39, 0.29) is 24.7 Å². The van der Waals surface area contributed by atoms with Crippen molar-refractivity contribution in [1.82, 2.24) is 15.5 Å². The number of hydrogen-bond donors (Lipinski definition) is 3. The molecule has 6 nitrogen and oxygen atoms in total. The predicted molar refractivity (Wildman–Crippen MR) is 84.8 cm³/mol. The van der Waals surface area contributed by atoms with Crippen molar-refractivity contribution in [2.75, 3.05) is 19.6 Å². The van der Waals surface area contributed by atoms with E-state index in [0.717, 1.165) is 25.9 Å². The van der Waals surface area contributed by atoms with Crippen LogP contribution in [0.15, 0.2) is 0 Å². The third-order valence-electron chi connectivity index (χ3n) is 4.99. The van der Waals surface area contributed by atoms with Crippen LogP contribution in [0.4, 0.5) is 4.79 Å². The Kier molecular flexibility index (Phi) is 6.49. The van der Waals surface area contributed by atoms with Crippen LogP contribution in [0.5, 0.6) is 0 Å². The molecule has 0 aliphatic heterocycles. The Labute approximate surface area is 132 Å². The number of rotatable bonds is 7. The smallest absolute Gasteiger partial charge is 0.317 e. The van der Waals surface area contributed by atoms with Crippen LogP contribution >= 0.6 is 0 Å². The molecular weight excluding hydrogens is 282 g/mol. The first-order chi connectivity index (χ1) is 10.6. The van der Waals surface area contributed by atoms with Crippen molar-refractivity contribution in [2.45, 2.75) is 64.0 Å². The largest absolute Gasteiger partial charge is 0.480 e. The van der Waals surface area contributed by atoms with Crippen molar-refractivity contribution in [3.8, 4) is 0 Å². The zero-order valence-electron chi connectivity index (χ0n) is 13.5. The number of carboxylic acids is 1. The third kappa shape index (κ3) is 5.16. The normalized spacial score (nSPS) is 25.5. The number of nitrogens with zero attached hydrogens (tertiary/aromatic N) is 1. The van der Waals surface area contributed by atoms with E-state index in [4.69, 9.17) is 5.11 Å². The van der Waals surface area contributed by atoms with Gasteiger partial charge in [0.2, 0.25) is 0 Å². The average Bonchev–Trinajstić information content (AvgIpc) is 2.47. The summed E-state index contributed by atoms with van der Waals surface area (Å²) >= 11 is 0. The summed E-state index contributed by atoms with van der Waals surface area (Å²) in [6.07, 6.45) is 8.05. The molecule has 0 saturated heterocycles. The van der Waals surface area contributed by atoms with Crippen LogP contribution in [0.25, 0.3) is 0 Å². The summed E-state index contributed by atoms with van der Waals surface area (Å²) in [5, 5.41) is 14.8. The first-order valence-corrected chi connectivity index (χ1v) is 8.58. The molecule has 126 valence electrons. The van der Waals surface area contributed by atoms with E-state index < -0.39 is 5.97 Å². The van der Waals surface area contributed by atoms with E-state index in [1.54, 1.807) is 0 Å². The van der Waals surface area contributed by atoms with Gasteiger partial charge in [-0.3, -0.25) is 9.69 Å². The molecule has 2 aliphatic carbocycles. The Bertz CT molecular complexity index is 377. The highest BCUT2D eigenvalue weighted by Gasteiger charge is 2.34. The van der Waals surface area contributed by atoms with Gasteiger partial charge in [-0.2, -0.15) is 0 Å². The topological polar surface area (TPSA) is 81.7 Å². The summed E-state index contributed by atoms with van der Waals surface area (Å²) in [5.41, 5.74) is 0. The highest BCUT2D eigenvalue weighted by molar-refractivity contribution is 5.74. The maximum absolute atomic E-state index is 11.9. The minimum atomic E-state index is -0.788. The number of carbonyl (C=O) groups is 2. The Hall–Kier alpha value is -1.30. The molecule has 0 aromatic rings. The molecule has 0 aromatic carbocycles. The van der Waals surface area contributed by atoms with Gasteiger partial charge in [-0.05, 0) is 38.1 Å².